The number of benzene rings is 2. The van der Waals surface area contributed by atoms with Gasteiger partial charge in [-0.25, -0.2) is 0 Å². The van der Waals surface area contributed by atoms with E-state index in [2.05, 4.69) is 29.8 Å². The summed E-state index contributed by atoms with van der Waals surface area (Å²) in [5.74, 6) is 0.799. The highest BCUT2D eigenvalue weighted by molar-refractivity contribution is 5.96. The van der Waals surface area contributed by atoms with E-state index in [1.54, 1.807) is 6.07 Å². The first kappa shape index (κ1) is 22.3. The molecule has 0 atom stereocenters. The largest absolute Gasteiger partial charge is 0.491 e. The van der Waals surface area contributed by atoms with Crippen LogP contribution in [0.2, 0.25) is 0 Å². The summed E-state index contributed by atoms with van der Waals surface area (Å²) < 4.78 is 5.77. The second-order valence-electron chi connectivity index (χ2n) is 8.39. The molecule has 0 aromatic heterocycles. The van der Waals surface area contributed by atoms with Crippen molar-refractivity contribution in [3.63, 3.8) is 0 Å². The van der Waals surface area contributed by atoms with Crippen molar-refractivity contribution in [2.45, 2.75) is 34.6 Å². The fourth-order valence-corrected chi connectivity index (χ4v) is 2.35. The van der Waals surface area contributed by atoms with E-state index < -0.39 is 5.41 Å². The molecule has 2 aromatic carbocycles. The van der Waals surface area contributed by atoms with E-state index in [-0.39, 0.29) is 18.4 Å². The van der Waals surface area contributed by atoms with Crippen LogP contribution in [0.5, 0.6) is 5.75 Å². The lowest BCUT2D eigenvalue weighted by molar-refractivity contribution is -0.123. The Balaban J connectivity index is 1.93. The summed E-state index contributed by atoms with van der Waals surface area (Å²) in [6.07, 6.45) is 0. The number of hydrogen-bond donors (Lipinski definition) is 3. The molecule has 29 heavy (non-hydrogen) atoms. The highest BCUT2D eigenvalue weighted by Gasteiger charge is 2.21. The SMILES string of the molecule is CC(C)COc1ccccc1NC(=O)CNc1cccc(NC(=O)C(C)(C)C)c1. The molecule has 0 aliphatic rings. The molecule has 0 saturated heterocycles. The number of nitrogens with one attached hydrogen (secondary N) is 3. The van der Waals surface area contributed by atoms with Crippen molar-refractivity contribution in [3.8, 4) is 5.75 Å². The standard InChI is InChI=1S/C23H31N3O3/c1-16(2)15-29-20-12-7-6-11-19(20)26-21(27)14-24-17-9-8-10-18(13-17)25-22(28)23(3,4)5/h6-13,16,24H,14-15H2,1-5H3,(H,25,28)(H,26,27). The van der Waals surface area contributed by atoms with Crippen LogP contribution in [-0.4, -0.2) is 25.0 Å². The van der Waals surface area contributed by atoms with Gasteiger partial charge in [0.1, 0.15) is 5.75 Å². The molecule has 0 spiro atoms. The predicted octanol–water partition coefficient (Wildman–Crippen LogP) is 4.76. The van der Waals surface area contributed by atoms with Gasteiger partial charge in [0.15, 0.2) is 0 Å². The number of para-hydroxylation sites is 2. The van der Waals surface area contributed by atoms with Crippen molar-refractivity contribution in [2.24, 2.45) is 11.3 Å². The molecule has 0 unspecified atom stereocenters. The lowest BCUT2D eigenvalue weighted by atomic mass is 9.95. The molecule has 6 nitrogen and oxygen atoms in total. The van der Waals surface area contributed by atoms with Gasteiger partial charge >= 0.3 is 0 Å². The third-order valence-corrected chi connectivity index (χ3v) is 3.99. The zero-order valence-electron chi connectivity index (χ0n) is 17.8. The summed E-state index contributed by atoms with van der Waals surface area (Å²) in [7, 11) is 0. The summed E-state index contributed by atoms with van der Waals surface area (Å²) >= 11 is 0. The van der Waals surface area contributed by atoms with E-state index in [0.717, 1.165) is 5.69 Å². The van der Waals surface area contributed by atoms with Crippen LogP contribution in [0.1, 0.15) is 34.6 Å². The normalized spacial score (nSPS) is 11.1. The highest BCUT2D eigenvalue weighted by atomic mass is 16.5. The molecular formula is C23H31N3O3. The van der Waals surface area contributed by atoms with Crippen molar-refractivity contribution in [3.05, 3.63) is 48.5 Å². The van der Waals surface area contributed by atoms with E-state index in [4.69, 9.17) is 4.74 Å². The average Bonchev–Trinajstić information content (AvgIpc) is 2.65. The monoisotopic (exact) mass is 397 g/mol. The van der Waals surface area contributed by atoms with Crippen LogP contribution in [0, 0.1) is 11.3 Å². The van der Waals surface area contributed by atoms with E-state index >= 15 is 0 Å². The van der Waals surface area contributed by atoms with Gasteiger partial charge in [0.05, 0.1) is 18.8 Å². The summed E-state index contributed by atoms with van der Waals surface area (Å²) in [6, 6.07) is 14.7. The van der Waals surface area contributed by atoms with Crippen molar-refractivity contribution in [2.75, 3.05) is 29.1 Å². The molecule has 2 rings (SSSR count). The summed E-state index contributed by atoms with van der Waals surface area (Å²) in [6.45, 7) is 10.4. The molecule has 0 aliphatic carbocycles. The first-order valence-electron chi connectivity index (χ1n) is 9.82. The van der Waals surface area contributed by atoms with Gasteiger partial charge < -0.3 is 20.7 Å². The maximum atomic E-state index is 12.4. The lowest BCUT2D eigenvalue weighted by Gasteiger charge is -2.18. The Labute approximate surface area is 173 Å². The van der Waals surface area contributed by atoms with E-state index in [1.807, 2.05) is 63.2 Å². The predicted molar refractivity (Wildman–Crippen MR) is 118 cm³/mol. The molecular weight excluding hydrogens is 366 g/mol. The summed E-state index contributed by atoms with van der Waals surface area (Å²) in [4.78, 5) is 24.5. The number of carbonyl (C=O) groups is 2. The van der Waals surface area contributed by atoms with Gasteiger partial charge in [0.25, 0.3) is 0 Å². The maximum absolute atomic E-state index is 12.4. The van der Waals surface area contributed by atoms with Gasteiger partial charge in [-0.1, -0.05) is 52.8 Å². The van der Waals surface area contributed by atoms with E-state index in [0.29, 0.717) is 29.6 Å². The number of carbonyl (C=O) groups excluding carboxylic acids is 2. The van der Waals surface area contributed by atoms with Gasteiger partial charge in [0, 0.05) is 16.8 Å². The molecule has 2 aromatic rings. The Bertz CT molecular complexity index is 841. The van der Waals surface area contributed by atoms with Crippen LogP contribution in [0.3, 0.4) is 0 Å². The molecule has 156 valence electrons. The second-order valence-corrected chi connectivity index (χ2v) is 8.39. The van der Waals surface area contributed by atoms with E-state index in [9.17, 15) is 9.59 Å². The van der Waals surface area contributed by atoms with Crippen LogP contribution in [0.25, 0.3) is 0 Å². The first-order chi connectivity index (χ1) is 13.6. The van der Waals surface area contributed by atoms with Crippen LogP contribution in [-0.2, 0) is 9.59 Å². The minimum absolute atomic E-state index is 0.0644. The molecule has 0 heterocycles. The average molecular weight is 398 g/mol. The number of ether oxygens (including phenoxy) is 1. The van der Waals surface area contributed by atoms with Crippen LogP contribution >= 0.6 is 0 Å². The zero-order valence-corrected chi connectivity index (χ0v) is 17.8. The van der Waals surface area contributed by atoms with Crippen molar-refractivity contribution < 1.29 is 14.3 Å². The van der Waals surface area contributed by atoms with Crippen LogP contribution in [0.4, 0.5) is 17.1 Å². The molecule has 6 heteroatoms. The quantitative estimate of drug-likeness (QED) is 0.600. The van der Waals surface area contributed by atoms with Gasteiger partial charge in [0.2, 0.25) is 11.8 Å². The maximum Gasteiger partial charge on any atom is 0.243 e. The number of hydrogen-bond acceptors (Lipinski definition) is 4. The van der Waals surface area contributed by atoms with Gasteiger partial charge in [-0.15, -0.1) is 0 Å². The van der Waals surface area contributed by atoms with Crippen molar-refractivity contribution in [1.29, 1.82) is 0 Å². The zero-order chi connectivity index (χ0) is 21.4. The van der Waals surface area contributed by atoms with Crippen LogP contribution in [0.15, 0.2) is 48.5 Å². The van der Waals surface area contributed by atoms with Crippen molar-refractivity contribution >= 4 is 28.9 Å². The Kier molecular flexibility index (Phi) is 7.65. The van der Waals surface area contributed by atoms with E-state index in [1.165, 1.54) is 0 Å². The molecule has 0 bridgehead atoms. The Hall–Kier alpha value is -3.02. The smallest absolute Gasteiger partial charge is 0.243 e. The number of anilines is 3. The van der Waals surface area contributed by atoms with Gasteiger partial charge in [-0.05, 0) is 36.2 Å². The minimum atomic E-state index is -0.478. The third-order valence-electron chi connectivity index (χ3n) is 3.99. The second kappa shape index (κ2) is 9.96. The Morgan fingerprint density at radius 3 is 2.34 bits per heavy atom. The number of amides is 2. The molecule has 2 amide bonds. The minimum Gasteiger partial charge on any atom is -0.491 e. The molecule has 0 radical (unpaired) electrons. The fraction of sp³-hybridized carbons (Fsp3) is 0.391. The molecule has 0 saturated carbocycles. The Morgan fingerprint density at radius 1 is 0.966 bits per heavy atom. The lowest BCUT2D eigenvalue weighted by Crippen LogP contribution is -2.27. The molecule has 0 aliphatic heterocycles. The fourth-order valence-electron chi connectivity index (χ4n) is 2.35. The summed E-state index contributed by atoms with van der Waals surface area (Å²) in [5.41, 5.74) is 1.60. The highest BCUT2D eigenvalue weighted by Crippen LogP contribution is 2.24. The number of rotatable bonds is 8. The Morgan fingerprint density at radius 2 is 1.66 bits per heavy atom. The van der Waals surface area contributed by atoms with Gasteiger partial charge in [-0.2, -0.15) is 0 Å². The first-order valence-corrected chi connectivity index (χ1v) is 9.82. The topological polar surface area (TPSA) is 79.5 Å². The third kappa shape index (κ3) is 7.49. The molecule has 0 fully saturated rings. The van der Waals surface area contributed by atoms with Crippen LogP contribution < -0.4 is 20.7 Å². The van der Waals surface area contributed by atoms with Gasteiger partial charge in [-0.3, -0.25) is 9.59 Å². The summed E-state index contributed by atoms with van der Waals surface area (Å²) in [5, 5.41) is 8.84. The van der Waals surface area contributed by atoms with Crippen molar-refractivity contribution in [1.82, 2.24) is 0 Å². The molecule has 3 N–H and O–H groups in total.